The summed E-state index contributed by atoms with van der Waals surface area (Å²) in [5, 5.41) is 0. The molecule has 0 aliphatic carbocycles. The van der Waals surface area contributed by atoms with Gasteiger partial charge in [0.05, 0.1) is 37.8 Å². The van der Waals surface area contributed by atoms with Crippen LogP contribution < -0.4 is 4.74 Å². The van der Waals surface area contributed by atoms with Crippen LogP contribution in [0.5, 0.6) is 5.75 Å². The maximum Gasteiger partial charge on any atom is 0.123 e. The molecule has 5 nitrogen and oxygen atoms in total. The van der Waals surface area contributed by atoms with Crippen molar-refractivity contribution in [2.24, 2.45) is 0 Å². The number of fused-ring (bicyclic) bond motifs is 1. The van der Waals surface area contributed by atoms with Crippen molar-refractivity contribution in [3.8, 4) is 28.3 Å². The summed E-state index contributed by atoms with van der Waals surface area (Å²) < 4.78 is 27.8. The van der Waals surface area contributed by atoms with E-state index in [2.05, 4.69) is 9.55 Å². The first-order valence-electron chi connectivity index (χ1n) is 10.9. The number of ether oxygens (including phenoxy) is 2. The van der Waals surface area contributed by atoms with Crippen molar-refractivity contribution < 1.29 is 13.9 Å². The smallest absolute Gasteiger partial charge is 0.123 e. The second-order valence-electron chi connectivity index (χ2n) is 8.10. The standard InChI is InChI=1S/C26H24FN3O2S.CH4/c1-31-22-9-2-17(3-10-22)15-32-16-21-8-11-23-29-25(18-4-6-20(27)7-5-18)26(30(21)23)19-12-13-28-24(33)14-19;/h2-7,9-10,12-14,21H,8,11,15-16H2,1H3,(H,28,33);1H4/t21-;/m0./s1. The molecule has 2 aromatic carbocycles. The van der Waals surface area contributed by atoms with Gasteiger partial charge in [-0.25, -0.2) is 9.37 Å². The molecule has 0 radical (unpaired) electrons. The zero-order valence-electron chi connectivity index (χ0n) is 18.3. The molecular formula is C27H28FN3O2S. The first-order chi connectivity index (χ1) is 16.1. The van der Waals surface area contributed by atoms with Gasteiger partial charge < -0.3 is 19.0 Å². The van der Waals surface area contributed by atoms with E-state index < -0.39 is 0 Å². The summed E-state index contributed by atoms with van der Waals surface area (Å²) in [6.45, 7) is 1.10. The van der Waals surface area contributed by atoms with Gasteiger partial charge in [-0.2, -0.15) is 0 Å². The Hall–Kier alpha value is -3.29. The van der Waals surface area contributed by atoms with Gasteiger partial charge in [0.15, 0.2) is 0 Å². The Morgan fingerprint density at radius 2 is 1.85 bits per heavy atom. The average Bonchev–Trinajstić information content (AvgIpc) is 3.40. The molecule has 1 aliphatic heterocycles. The molecule has 0 fully saturated rings. The van der Waals surface area contributed by atoms with Crippen molar-refractivity contribution in [3.63, 3.8) is 0 Å². The lowest BCUT2D eigenvalue weighted by Gasteiger charge is -2.18. The summed E-state index contributed by atoms with van der Waals surface area (Å²) in [5.74, 6) is 1.58. The number of H-pyrrole nitrogens is 1. The molecule has 0 bridgehead atoms. The molecule has 7 heteroatoms. The summed E-state index contributed by atoms with van der Waals surface area (Å²) in [6.07, 6.45) is 3.67. The Kier molecular flexibility index (Phi) is 7.24. The molecule has 2 aromatic heterocycles. The molecule has 0 unspecified atom stereocenters. The second-order valence-corrected chi connectivity index (χ2v) is 8.54. The predicted octanol–water partition coefficient (Wildman–Crippen LogP) is 6.76. The second kappa shape index (κ2) is 10.3. The zero-order chi connectivity index (χ0) is 22.8. The molecule has 3 heterocycles. The molecule has 0 saturated carbocycles. The Morgan fingerprint density at radius 1 is 1.09 bits per heavy atom. The van der Waals surface area contributed by atoms with E-state index in [4.69, 9.17) is 26.7 Å². The highest BCUT2D eigenvalue weighted by Gasteiger charge is 2.30. The van der Waals surface area contributed by atoms with Gasteiger partial charge in [0.1, 0.15) is 22.0 Å². The maximum absolute atomic E-state index is 13.6. The Morgan fingerprint density at radius 3 is 2.56 bits per heavy atom. The molecule has 1 aliphatic rings. The highest BCUT2D eigenvalue weighted by atomic mass is 32.1. The van der Waals surface area contributed by atoms with E-state index in [1.165, 1.54) is 12.1 Å². The van der Waals surface area contributed by atoms with Gasteiger partial charge in [-0.1, -0.05) is 31.8 Å². The minimum absolute atomic E-state index is 0. The lowest BCUT2D eigenvalue weighted by atomic mass is 10.0. The summed E-state index contributed by atoms with van der Waals surface area (Å²) in [7, 11) is 1.66. The van der Waals surface area contributed by atoms with Gasteiger partial charge in [-0.05, 0) is 60.5 Å². The molecule has 4 aromatic rings. The number of hydrogen-bond acceptors (Lipinski definition) is 4. The SMILES string of the molecule is C.COc1ccc(COC[C@@H]2CCc3nc(-c4ccc(F)cc4)c(-c4cc[nH]c(=S)c4)n32)cc1. The van der Waals surface area contributed by atoms with Gasteiger partial charge in [-0.3, -0.25) is 0 Å². The van der Waals surface area contributed by atoms with Gasteiger partial charge in [0.2, 0.25) is 0 Å². The number of halogens is 1. The van der Waals surface area contributed by atoms with Gasteiger partial charge in [0.25, 0.3) is 0 Å². The first-order valence-corrected chi connectivity index (χ1v) is 11.3. The monoisotopic (exact) mass is 477 g/mol. The number of nitrogens with one attached hydrogen (secondary N) is 1. The summed E-state index contributed by atoms with van der Waals surface area (Å²) in [4.78, 5) is 8.00. The van der Waals surface area contributed by atoms with E-state index >= 15 is 0 Å². The van der Waals surface area contributed by atoms with Crippen molar-refractivity contribution >= 4 is 12.2 Å². The van der Waals surface area contributed by atoms with Crippen LogP contribution in [0.15, 0.2) is 66.9 Å². The summed E-state index contributed by atoms with van der Waals surface area (Å²) in [5.41, 5.74) is 4.79. The number of methoxy groups -OCH3 is 1. The fourth-order valence-electron chi connectivity index (χ4n) is 4.34. The van der Waals surface area contributed by atoms with E-state index in [9.17, 15) is 4.39 Å². The molecule has 0 saturated heterocycles. The van der Waals surface area contributed by atoms with Crippen LogP contribution in [0.4, 0.5) is 4.39 Å². The molecule has 5 rings (SSSR count). The van der Waals surface area contributed by atoms with Crippen LogP contribution in [-0.2, 0) is 17.8 Å². The van der Waals surface area contributed by atoms with Gasteiger partial charge in [0, 0.05) is 23.7 Å². The Balaban J connectivity index is 0.00000274. The third-order valence-corrected chi connectivity index (χ3v) is 6.19. The fraction of sp³-hybridized carbons (Fsp3) is 0.259. The number of nitrogens with zero attached hydrogens (tertiary/aromatic N) is 2. The lowest BCUT2D eigenvalue weighted by molar-refractivity contribution is 0.0925. The van der Waals surface area contributed by atoms with Crippen LogP contribution in [-0.4, -0.2) is 28.3 Å². The Bertz CT molecular complexity index is 1310. The van der Waals surface area contributed by atoms with Gasteiger partial charge >= 0.3 is 0 Å². The molecule has 0 spiro atoms. The van der Waals surface area contributed by atoms with E-state index in [0.29, 0.717) is 17.9 Å². The van der Waals surface area contributed by atoms with E-state index in [0.717, 1.165) is 52.5 Å². The van der Waals surface area contributed by atoms with E-state index in [1.807, 2.05) is 42.6 Å². The molecule has 34 heavy (non-hydrogen) atoms. The summed E-state index contributed by atoms with van der Waals surface area (Å²) >= 11 is 5.38. The van der Waals surface area contributed by atoms with Crippen molar-refractivity contribution in [1.29, 1.82) is 0 Å². The highest BCUT2D eigenvalue weighted by Crippen LogP contribution is 2.39. The maximum atomic E-state index is 13.6. The average molecular weight is 478 g/mol. The number of rotatable bonds is 7. The number of hydrogen-bond donors (Lipinski definition) is 1. The zero-order valence-corrected chi connectivity index (χ0v) is 19.1. The van der Waals surface area contributed by atoms with Crippen LogP contribution in [0.3, 0.4) is 0 Å². The molecule has 1 atom stereocenters. The first kappa shape index (κ1) is 23.9. The molecule has 176 valence electrons. The largest absolute Gasteiger partial charge is 0.497 e. The molecular weight excluding hydrogens is 449 g/mol. The number of aromatic nitrogens is 3. The quantitative estimate of drug-likeness (QED) is 0.299. The number of benzene rings is 2. The minimum atomic E-state index is -0.265. The van der Waals surface area contributed by atoms with Crippen LogP contribution >= 0.6 is 12.2 Å². The molecule has 0 amide bonds. The number of aromatic amines is 1. The number of pyridine rings is 1. The fourth-order valence-corrected chi connectivity index (χ4v) is 4.54. The molecule has 1 N–H and O–H groups in total. The van der Waals surface area contributed by atoms with Crippen LogP contribution in [0.1, 0.15) is 31.3 Å². The topological polar surface area (TPSA) is 52.1 Å². The predicted molar refractivity (Wildman–Crippen MR) is 135 cm³/mol. The lowest BCUT2D eigenvalue weighted by Crippen LogP contribution is -2.13. The van der Waals surface area contributed by atoms with Crippen molar-refractivity contribution in [2.45, 2.75) is 32.9 Å². The van der Waals surface area contributed by atoms with E-state index in [-0.39, 0.29) is 19.3 Å². The van der Waals surface area contributed by atoms with Crippen molar-refractivity contribution in [1.82, 2.24) is 14.5 Å². The minimum Gasteiger partial charge on any atom is -0.497 e. The van der Waals surface area contributed by atoms with Crippen LogP contribution in [0.25, 0.3) is 22.5 Å². The third-order valence-electron chi connectivity index (χ3n) is 5.95. The highest BCUT2D eigenvalue weighted by molar-refractivity contribution is 7.71. The van der Waals surface area contributed by atoms with Crippen LogP contribution in [0, 0.1) is 10.5 Å². The van der Waals surface area contributed by atoms with Crippen molar-refractivity contribution in [2.75, 3.05) is 13.7 Å². The van der Waals surface area contributed by atoms with Crippen LogP contribution in [0.2, 0.25) is 0 Å². The van der Waals surface area contributed by atoms with E-state index in [1.54, 1.807) is 19.2 Å². The third kappa shape index (κ3) is 4.81. The number of aryl methyl sites for hydroxylation is 1. The Labute approximate surface area is 204 Å². The van der Waals surface area contributed by atoms with Crippen molar-refractivity contribution in [3.05, 3.63) is 88.7 Å². The number of imidazole rings is 1. The normalized spacial score (nSPS) is 14.5. The van der Waals surface area contributed by atoms with Gasteiger partial charge in [-0.15, -0.1) is 0 Å². The summed E-state index contributed by atoms with van der Waals surface area (Å²) in [6, 6.07) is 18.5.